The van der Waals surface area contributed by atoms with Gasteiger partial charge in [-0.15, -0.1) is 0 Å². The SMILES string of the molecule is CCCCCCCCCCCCn1cc[n+](CC2C=CC=C2)c1. The molecule has 0 N–H and O–H groups in total. The summed E-state index contributed by atoms with van der Waals surface area (Å²) in [5, 5.41) is 0. The topological polar surface area (TPSA) is 8.81 Å². The van der Waals surface area contributed by atoms with Crippen LogP contribution < -0.4 is 4.57 Å². The zero-order chi connectivity index (χ0) is 16.2. The van der Waals surface area contributed by atoms with Crippen LogP contribution in [0.25, 0.3) is 0 Å². The number of aromatic nitrogens is 2. The lowest BCUT2D eigenvalue weighted by Gasteiger charge is -2.02. The van der Waals surface area contributed by atoms with E-state index in [2.05, 4.69) is 59.1 Å². The van der Waals surface area contributed by atoms with Gasteiger partial charge < -0.3 is 0 Å². The number of hydrogen-bond donors (Lipinski definition) is 0. The van der Waals surface area contributed by atoms with Gasteiger partial charge in [0.05, 0.1) is 13.1 Å². The number of allylic oxidation sites excluding steroid dienone is 4. The minimum atomic E-state index is 0.577. The average molecular weight is 316 g/mol. The van der Waals surface area contributed by atoms with E-state index in [1.807, 2.05) is 0 Å². The second-order valence-electron chi connectivity index (χ2n) is 6.96. The molecule has 2 nitrogen and oxygen atoms in total. The van der Waals surface area contributed by atoms with E-state index in [0.717, 1.165) is 6.54 Å². The van der Waals surface area contributed by atoms with Gasteiger partial charge in [-0.3, -0.25) is 0 Å². The lowest BCUT2D eigenvalue weighted by atomic mass is 10.1. The largest absolute Gasteiger partial charge is 0.243 e. The van der Waals surface area contributed by atoms with Crippen molar-refractivity contribution in [1.82, 2.24) is 4.57 Å². The maximum atomic E-state index is 2.34. The normalized spacial score (nSPS) is 14.1. The van der Waals surface area contributed by atoms with Crippen LogP contribution in [0.2, 0.25) is 0 Å². The second kappa shape index (κ2) is 11.3. The molecule has 0 saturated carbocycles. The molecule has 0 spiro atoms. The first-order chi connectivity index (χ1) is 11.4. The summed E-state index contributed by atoms with van der Waals surface area (Å²) in [6, 6.07) is 0. The highest BCUT2D eigenvalue weighted by molar-refractivity contribution is 5.16. The molecule has 1 heterocycles. The van der Waals surface area contributed by atoms with E-state index >= 15 is 0 Å². The minimum absolute atomic E-state index is 0.577. The van der Waals surface area contributed by atoms with Gasteiger partial charge in [0.2, 0.25) is 6.33 Å². The third-order valence-electron chi connectivity index (χ3n) is 4.77. The fourth-order valence-electron chi connectivity index (χ4n) is 3.30. The summed E-state index contributed by atoms with van der Waals surface area (Å²) >= 11 is 0. The maximum absolute atomic E-state index is 2.34. The van der Waals surface area contributed by atoms with Crippen molar-refractivity contribution in [3.8, 4) is 0 Å². The van der Waals surface area contributed by atoms with Gasteiger partial charge >= 0.3 is 0 Å². The molecule has 0 saturated heterocycles. The summed E-state index contributed by atoms with van der Waals surface area (Å²) in [7, 11) is 0. The Balaban J connectivity index is 1.46. The average Bonchev–Trinajstić information content (AvgIpc) is 3.22. The highest BCUT2D eigenvalue weighted by atomic mass is 15.1. The smallest absolute Gasteiger partial charge is 0.237 e. The summed E-state index contributed by atoms with van der Waals surface area (Å²) in [5.41, 5.74) is 0. The lowest BCUT2D eigenvalue weighted by molar-refractivity contribution is -0.699. The quantitative estimate of drug-likeness (QED) is 0.338. The third-order valence-corrected chi connectivity index (χ3v) is 4.77. The number of unbranched alkanes of at least 4 members (excludes halogenated alkanes) is 9. The molecule has 1 aliphatic rings. The van der Waals surface area contributed by atoms with Crippen molar-refractivity contribution < 1.29 is 4.57 Å². The predicted molar refractivity (Wildman–Crippen MR) is 98.2 cm³/mol. The van der Waals surface area contributed by atoms with Crippen molar-refractivity contribution in [3.63, 3.8) is 0 Å². The summed E-state index contributed by atoms with van der Waals surface area (Å²) in [6.07, 6.45) is 29.6. The van der Waals surface area contributed by atoms with E-state index in [-0.39, 0.29) is 0 Å². The van der Waals surface area contributed by atoms with Crippen LogP contribution in [-0.4, -0.2) is 4.57 Å². The Morgan fingerprint density at radius 1 is 0.826 bits per heavy atom. The van der Waals surface area contributed by atoms with Crippen molar-refractivity contribution in [2.75, 3.05) is 0 Å². The summed E-state index contributed by atoms with van der Waals surface area (Å²) < 4.78 is 4.65. The Morgan fingerprint density at radius 2 is 1.43 bits per heavy atom. The van der Waals surface area contributed by atoms with E-state index in [4.69, 9.17) is 0 Å². The van der Waals surface area contributed by atoms with Gasteiger partial charge in [-0.2, -0.15) is 0 Å². The van der Waals surface area contributed by atoms with Gasteiger partial charge in [0.15, 0.2) is 0 Å². The molecular weight excluding hydrogens is 280 g/mol. The fraction of sp³-hybridized carbons (Fsp3) is 0.667. The van der Waals surface area contributed by atoms with Gasteiger partial charge in [0, 0.05) is 5.92 Å². The third kappa shape index (κ3) is 7.67. The van der Waals surface area contributed by atoms with Crippen molar-refractivity contribution in [2.24, 2.45) is 5.92 Å². The number of rotatable bonds is 13. The summed E-state index contributed by atoms with van der Waals surface area (Å²) in [5.74, 6) is 0.577. The minimum Gasteiger partial charge on any atom is -0.237 e. The molecule has 2 rings (SSSR count). The van der Waals surface area contributed by atoms with Crippen LogP contribution in [0.15, 0.2) is 43.0 Å². The summed E-state index contributed by atoms with van der Waals surface area (Å²) in [6.45, 7) is 4.52. The van der Waals surface area contributed by atoms with Crippen LogP contribution in [-0.2, 0) is 13.1 Å². The lowest BCUT2D eigenvalue weighted by Crippen LogP contribution is -2.34. The van der Waals surface area contributed by atoms with Gasteiger partial charge in [-0.1, -0.05) is 82.6 Å². The van der Waals surface area contributed by atoms with Crippen molar-refractivity contribution in [2.45, 2.75) is 84.2 Å². The van der Waals surface area contributed by atoms with E-state index in [1.165, 1.54) is 70.8 Å². The zero-order valence-electron chi connectivity index (χ0n) is 15.0. The molecule has 0 atom stereocenters. The van der Waals surface area contributed by atoms with Crippen LogP contribution in [0.1, 0.15) is 71.1 Å². The molecule has 128 valence electrons. The first-order valence-corrected chi connectivity index (χ1v) is 9.78. The monoisotopic (exact) mass is 315 g/mol. The molecule has 23 heavy (non-hydrogen) atoms. The molecule has 2 heteroatoms. The van der Waals surface area contributed by atoms with E-state index in [0.29, 0.717) is 5.92 Å². The van der Waals surface area contributed by atoms with Gasteiger partial charge in [-0.05, 0) is 12.8 Å². The highest BCUT2D eigenvalue weighted by Crippen LogP contribution is 2.11. The molecule has 0 amide bonds. The molecule has 1 aliphatic carbocycles. The first kappa shape index (κ1) is 18.0. The number of hydrogen-bond acceptors (Lipinski definition) is 0. The Bertz CT molecular complexity index is 458. The van der Waals surface area contributed by atoms with Crippen LogP contribution >= 0.6 is 0 Å². The molecule has 0 aliphatic heterocycles. The van der Waals surface area contributed by atoms with E-state index in [9.17, 15) is 0 Å². The predicted octanol–water partition coefficient (Wildman–Crippen LogP) is 5.44. The Hall–Kier alpha value is -1.31. The highest BCUT2D eigenvalue weighted by Gasteiger charge is 2.09. The maximum Gasteiger partial charge on any atom is 0.243 e. The second-order valence-corrected chi connectivity index (χ2v) is 6.96. The molecule has 1 aromatic rings. The summed E-state index contributed by atoms with van der Waals surface area (Å²) in [4.78, 5) is 0. The van der Waals surface area contributed by atoms with Crippen molar-refractivity contribution in [1.29, 1.82) is 0 Å². The van der Waals surface area contributed by atoms with Crippen molar-refractivity contribution in [3.05, 3.63) is 43.0 Å². The van der Waals surface area contributed by atoms with E-state index < -0.39 is 0 Å². The van der Waals surface area contributed by atoms with E-state index in [1.54, 1.807) is 0 Å². The van der Waals surface area contributed by atoms with Crippen LogP contribution in [0.3, 0.4) is 0 Å². The standard InChI is InChI=1S/C21H35N2/c1-2-3-4-5-6-7-8-9-10-13-16-22-17-18-23(20-22)19-21-14-11-12-15-21/h11-12,14-15,17-18,20-21H,2-10,13,16,19H2,1H3/q+1. The van der Waals surface area contributed by atoms with Crippen LogP contribution in [0.4, 0.5) is 0 Å². The number of nitrogens with zero attached hydrogens (tertiary/aromatic N) is 2. The van der Waals surface area contributed by atoms with Gasteiger partial charge in [-0.25, -0.2) is 9.13 Å². The molecule has 1 aromatic heterocycles. The van der Waals surface area contributed by atoms with Gasteiger partial charge in [0.25, 0.3) is 0 Å². The zero-order valence-corrected chi connectivity index (χ0v) is 15.0. The Labute approximate surface area is 142 Å². The Morgan fingerprint density at radius 3 is 2.09 bits per heavy atom. The molecular formula is C21H35N2+. The molecule has 0 unspecified atom stereocenters. The first-order valence-electron chi connectivity index (χ1n) is 9.78. The molecule has 0 fully saturated rings. The molecule has 0 radical (unpaired) electrons. The molecule has 0 bridgehead atoms. The number of imidazole rings is 1. The Kier molecular flexibility index (Phi) is 8.83. The number of aryl methyl sites for hydroxylation is 1. The van der Waals surface area contributed by atoms with Crippen LogP contribution in [0.5, 0.6) is 0 Å². The van der Waals surface area contributed by atoms with Crippen molar-refractivity contribution >= 4 is 0 Å². The van der Waals surface area contributed by atoms with Crippen LogP contribution in [0, 0.1) is 5.92 Å². The molecule has 0 aromatic carbocycles. The fourth-order valence-corrected chi connectivity index (χ4v) is 3.30. The van der Waals surface area contributed by atoms with Gasteiger partial charge in [0.1, 0.15) is 12.4 Å².